The van der Waals surface area contributed by atoms with Crippen LogP contribution in [0.2, 0.25) is 0 Å². The second-order valence-electron chi connectivity index (χ2n) is 8.13. The largest absolute Gasteiger partial charge is 0.383 e. The standard InChI is InChI=1S/C22H33N3O/c1-5-6-7-10-17-15-18-16(11-8-13-19(18)24-21(17)23)12-9-14-20(26)25-22(2,3)4/h8,11,13,15H,5-7,9-10,12,14H2,1-4H3,(H2,23,24)(H,25,26). The number of benzene rings is 1. The van der Waals surface area contributed by atoms with Crippen LogP contribution in [0.15, 0.2) is 24.3 Å². The van der Waals surface area contributed by atoms with E-state index >= 15 is 0 Å². The van der Waals surface area contributed by atoms with Crippen LogP contribution in [0.5, 0.6) is 0 Å². The van der Waals surface area contributed by atoms with E-state index in [4.69, 9.17) is 5.73 Å². The summed E-state index contributed by atoms with van der Waals surface area (Å²) >= 11 is 0. The van der Waals surface area contributed by atoms with Crippen molar-refractivity contribution in [2.24, 2.45) is 0 Å². The van der Waals surface area contributed by atoms with Crippen molar-refractivity contribution < 1.29 is 4.79 Å². The maximum atomic E-state index is 12.0. The molecule has 2 rings (SSSR count). The first-order valence-electron chi connectivity index (χ1n) is 9.78. The molecule has 142 valence electrons. The fraction of sp³-hybridized carbons (Fsp3) is 0.545. The number of pyridine rings is 1. The van der Waals surface area contributed by atoms with Crippen molar-refractivity contribution in [2.45, 2.75) is 78.2 Å². The van der Waals surface area contributed by atoms with Gasteiger partial charge in [-0.3, -0.25) is 4.79 Å². The highest BCUT2D eigenvalue weighted by molar-refractivity contribution is 5.85. The number of aromatic nitrogens is 1. The van der Waals surface area contributed by atoms with E-state index in [0.29, 0.717) is 12.2 Å². The van der Waals surface area contributed by atoms with Crippen LogP contribution in [0.3, 0.4) is 0 Å². The average Bonchev–Trinajstić information content (AvgIpc) is 2.54. The normalized spacial score (nSPS) is 11.7. The van der Waals surface area contributed by atoms with Crippen LogP contribution in [0, 0.1) is 0 Å². The Morgan fingerprint density at radius 3 is 2.54 bits per heavy atom. The number of carbonyl (C=O) groups excluding carboxylic acids is 1. The van der Waals surface area contributed by atoms with Gasteiger partial charge in [0.25, 0.3) is 0 Å². The number of nitrogens with one attached hydrogen (secondary N) is 1. The fourth-order valence-corrected chi connectivity index (χ4v) is 3.22. The first-order chi connectivity index (χ1) is 12.3. The number of fused-ring (bicyclic) bond motifs is 1. The number of rotatable bonds is 8. The lowest BCUT2D eigenvalue weighted by atomic mass is 9.99. The van der Waals surface area contributed by atoms with Crippen molar-refractivity contribution in [3.05, 3.63) is 35.4 Å². The lowest BCUT2D eigenvalue weighted by Crippen LogP contribution is -2.40. The molecule has 0 spiro atoms. The first-order valence-corrected chi connectivity index (χ1v) is 9.78. The summed E-state index contributed by atoms with van der Waals surface area (Å²) in [7, 11) is 0. The monoisotopic (exact) mass is 355 g/mol. The van der Waals surface area contributed by atoms with Gasteiger partial charge in [-0.05, 0) is 69.7 Å². The molecule has 4 heteroatoms. The maximum absolute atomic E-state index is 12.0. The number of anilines is 1. The van der Waals surface area contributed by atoms with Crippen LogP contribution in [0.1, 0.15) is 70.9 Å². The van der Waals surface area contributed by atoms with Gasteiger partial charge in [0, 0.05) is 17.3 Å². The van der Waals surface area contributed by atoms with Gasteiger partial charge in [-0.25, -0.2) is 4.98 Å². The predicted molar refractivity (Wildman–Crippen MR) is 110 cm³/mol. The van der Waals surface area contributed by atoms with E-state index in [1.165, 1.54) is 23.8 Å². The molecule has 1 aromatic heterocycles. The Morgan fingerprint density at radius 2 is 1.85 bits per heavy atom. The zero-order chi connectivity index (χ0) is 19.2. The summed E-state index contributed by atoms with van der Waals surface area (Å²) < 4.78 is 0. The second-order valence-corrected chi connectivity index (χ2v) is 8.13. The average molecular weight is 356 g/mol. The molecule has 2 aromatic rings. The molecule has 0 aliphatic heterocycles. The minimum Gasteiger partial charge on any atom is -0.383 e. The molecule has 1 aromatic carbocycles. The van der Waals surface area contributed by atoms with E-state index in [2.05, 4.69) is 29.4 Å². The number of hydrogen-bond donors (Lipinski definition) is 2. The number of unbranched alkanes of at least 4 members (excludes halogenated alkanes) is 2. The Labute approximate surface area is 157 Å². The van der Waals surface area contributed by atoms with Crippen LogP contribution in [-0.2, 0) is 17.6 Å². The lowest BCUT2D eigenvalue weighted by Gasteiger charge is -2.20. The quantitative estimate of drug-likeness (QED) is 0.669. The van der Waals surface area contributed by atoms with Gasteiger partial charge in [-0.15, -0.1) is 0 Å². The van der Waals surface area contributed by atoms with Crippen molar-refractivity contribution in [3.8, 4) is 0 Å². The number of hydrogen-bond acceptors (Lipinski definition) is 3. The Morgan fingerprint density at radius 1 is 1.12 bits per heavy atom. The molecule has 0 fully saturated rings. The van der Waals surface area contributed by atoms with Crippen LogP contribution in [-0.4, -0.2) is 16.4 Å². The zero-order valence-electron chi connectivity index (χ0n) is 16.7. The molecule has 0 unspecified atom stereocenters. The van der Waals surface area contributed by atoms with E-state index in [9.17, 15) is 4.79 Å². The molecule has 0 radical (unpaired) electrons. The molecule has 1 amide bonds. The van der Waals surface area contributed by atoms with Gasteiger partial charge in [0.05, 0.1) is 5.52 Å². The fourth-order valence-electron chi connectivity index (χ4n) is 3.22. The van der Waals surface area contributed by atoms with E-state index in [-0.39, 0.29) is 11.4 Å². The summed E-state index contributed by atoms with van der Waals surface area (Å²) in [5.41, 5.74) is 9.31. The summed E-state index contributed by atoms with van der Waals surface area (Å²) in [6.45, 7) is 8.22. The van der Waals surface area contributed by atoms with Crippen molar-refractivity contribution in [1.82, 2.24) is 10.3 Å². The number of aryl methyl sites for hydroxylation is 2. The number of nitrogen functional groups attached to an aromatic ring is 1. The SMILES string of the molecule is CCCCCc1cc2c(CCCC(=O)NC(C)(C)C)cccc2nc1N. The summed E-state index contributed by atoms with van der Waals surface area (Å²) in [5.74, 6) is 0.760. The molecule has 0 atom stereocenters. The van der Waals surface area contributed by atoms with Gasteiger partial charge >= 0.3 is 0 Å². The molecule has 0 aliphatic rings. The van der Waals surface area contributed by atoms with E-state index < -0.39 is 0 Å². The smallest absolute Gasteiger partial charge is 0.220 e. The molecular formula is C22H33N3O. The third-order valence-electron chi connectivity index (χ3n) is 4.48. The van der Waals surface area contributed by atoms with Crippen LogP contribution < -0.4 is 11.1 Å². The highest BCUT2D eigenvalue weighted by Crippen LogP contribution is 2.24. The topological polar surface area (TPSA) is 68.0 Å². The van der Waals surface area contributed by atoms with Gasteiger partial charge in [-0.1, -0.05) is 31.9 Å². The van der Waals surface area contributed by atoms with Crippen molar-refractivity contribution in [3.63, 3.8) is 0 Å². The van der Waals surface area contributed by atoms with Gasteiger partial charge in [0.1, 0.15) is 5.82 Å². The van der Waals surface area contributed by atoms with Crippen LogP contribution >= 0.6 is 0 Å². The summed E-state index contributed by atoms with van der Waals surface area (Å²) in [6, 6.07) is 8.38. The van der Waals surface area contributed by atoms with Crippen molar-refractivity contribution in [2.75, 3.05) is 5.73 Å². The molecule has 1 heterocycles. The van der Waals surface area contributed by atoms with Crippen LogP contribution in [0.25, 0.3) is 10.9 Å². The molecule has 0 saturated heterocycles. The van der Waals surface area contributed by atoms with Gasteiger partial charge in [-0.2, -0.15) is 0 Å². The molecule has 0 saturated carbocycles. The number of nitrogens with two attached hydrogens (primary N) is 1. The van der Waals surface area contributed by atoms with Crippen LogP contribution in [0.4, 0.5) is 5.82 Å². The Hall–Kier alpha value is -2.10. The van der Waals surface area contributed by atoms with Gasteiger partial charge in [0.15, 0.2) is 0 Å². The minimum absolute atomic E-state index is 0.111. The van der Waals surface area contributed by atoms with E-state index in [1.807, 2.05) is 32.9 Å². The molecule has 4 nitrogen and oxygen atoms in total. The second kappa shape index (κ2) is 9.02. The summed E-state index contributed by atoms with van der Waals surface area (Å²) in [6.07, 6.45) is 6.77. The third kappa shape index (κ3) is 6.01. The summed E-state index contributed by atoms with van der Waals surface area (Å²) in [4.78, 5) is 16.6. The summed E-state index contributed by atoms with van der Waals surface area (Å²) in [5, 5.41) is 4.19. The first kappa shape index (κ1) is 20.2. The number of amides is 1. The van der Waals surface area contributed by atoms with Gasteiger partial charge < -0.3 is 11.1 Å². The third-order valence-corrected chi connectivity index (χ3v) is 4.48. The predicted octanol–water partition coefficient (Wildman–Crippen LogP) is 4.79. The Bertz CT molecular complexity index is 747. The molecular weight excluding hydrogens is 322 g/mol. The highest BCUT2D eigenvalue weighted by Gasteiger charge is 2.13. The maximum Gasteiger partial charge on any atom is 0.220 e. The molecule has 0 aliphatic carbocycles. The highest BCUT2D eigenvalue weighted by atomic mass is 16.1. The molecule has 0 bridgehead atoms. The minimum atomic E-state index is -0.175. The van der Waals surface area contributed by atoms with Gasteiger partial charge in [0.2, 0.25) is 5.91 Å². The van der Waals surface area contributed by atoms with Crippen molar-refractivity contribution in [1.29, 1.82) is 0 Å². The lowest BCUT2D eigenvalue weighted by molar-refractivity contribution is -0.122. The molecule has 3 N–H and O–H groups in total. The zero-order valence-corrected chi connectivity index (χ0v) is 16.7. The Kier molecular flexibility index (Phi) is 7.01. The van der Waals surface area contributed by atoms with Crippen molar-refractivity contribution >= 4 is 22.6 Å². The van der Waals surface area contributed by atoms with E-state index in [0.717, 1.165) is 36.8 Å². The van der Waals surface area contributed by atoms with E-state index in [1.54, 1.807) is 0 Å². The molecule has 26 heavy (non-hydrogen) atoms. The number of carbonyl (C=O) groups is 1. The number of nitrogens with zero attached hydrogens (tertiary/aromatic N) is 1. The Balaban J connectivity index is 2.09.